The Kier molecular flexibility index (Phi) is 9.52. The monoisotopic (exact) mass is 321 g/mol. The Morgan fingerprint density at radius 3 is 2.57 bits per heavy atom. The second kappa shape index (κ2) is 11.5. The third-order valence-electron chi connectivity index (χ3n) is 3.68. The molecule has 0 heterocycles. The quantitative estimate of drug-likeness (QED) is 0.605. The number of aliphatic carboxylic acids is 1. The van der Waals surface area contributed by atoms with Crippen LogP contribution in [-0.4, -0.2) is 23.7 Å². The van der Waals surface area contributed by atoms with E-state index in [1.165, 1.54) is 0 Å². The van der Waals surface area contributed by atoms with Gasteiger partial charge in [-0.3, -0.25) is 4.79 Å². The minimum Gasteiger partial charge on any atom is -0.481 e. The van der Waals surface area contributed by atoms with Crippen molar-refractivity contribution in [2.24, 2.45) is 5.92 Å². The van der Waals surface area contributed by atoms with Crippen LogP contribution in [0.15, 0.2) is 30.3 Å². The van der Waals surface area contributed by atoms with E-state index in [0.717, 1.165) is 37.7 Å². The summed E-state index contributed by atoms with van der Waals surface area (Å²) >= 11 is 0. The highest BCUT2D eigenvalue weighted by Crippen LogP contribution is 2.14. The summed E-state index contributed by atoms with van der Waals surface area (Å²) in [6.45, 7) is 2.69. The Labute approximate surface area is 138 Å². The fourth-order valence-corrected chi connectivity index (χ4v) is 2.38. The zero-order valence-corrected chi connectivity index (χ0v) is 13.8. The smallest absolute Gasteiger partial charge is 0.407 e. The summed E-state index contributed by atoms with van der Waals surface area (Å²) in [5, 5.41) is 11.6. The van der Waals surface area contributed by atoms with Gasteiger partial charge in [0.2, 0.25) is 0 Å². The second-order valence-corrected chi connectivity index (χ2v) is 5.76. The van der Waals surface area contributed by atoms with Crippen molar-refractivity contribution in [3.05, 3.63) is 35.9 Å². The van der Waals surface area contributed by atoms with E-state index in [9.17, 15) is 9.59 Å². The number of carboxylic acid groups (broad SMARTS) is 1. The summed E-state index contributed by atoms with van der Waals surface area (Å²) in [5.74, 6) is -0.876. The molecule has 1 amide bonds. The van der Waals surface area contributed by atoms with Crippen LogP contribution in [0.1, 0.15) is 51.0 Å². The number of carbonyl (C=O) groups is 2. The average molecular weight is 321 g/mol. The molecule has 5 heteroatoms. The molecule has 0 bridgehead atoms. The van der Waals surface area contributed by atoms with Gasteiger partial charge in [0.1, 0.15) is 6.61 Å². The molecule has 0 aliphatic heterocycles. The standard InChI is InChI=1S/C18H27NO4/c1-2-3-4-6-11-16(12-17(20)21)13-19-18(22)23-14-15-9-7-5-8-10-15/h5,7-10,16H,2-4,6,11-14H2,1H3,(H,19,22)(H,20,21)/t16-/m1/s1. The molecule has 1 rings (SSSR count). The Balaban J connectivity index is 2.28. The number of unbranched alkanes of at least 4 members (excludes halogenated alkanes) is 3. The molecule has 0 saturated carbocycles. The third kappa shape index (κ3) is 9.55. The van der Waals surface area contributed by atoms with Crippen LogP contribution in [0.25, 0.3) is 0 Å². The van der Waals surface area contributed by atoms with E-state index in [4.69, 9.17) is 9.84 Å². The second-order valence-electron chi connectivity index (χ2n) is 5.76. The van der Waals surface area contributed by atoms with Crippen LogP contribution in [0.2, 0.25) is 0 Å². The van der Waals surface area contributed by atoms with Crippen LogP contribution in [0.4, 0.5) is 4.79 Å². The van der Waals surface area contributed by atoms with E-state index in [0.29, 0.717) is 6.54 Å². The molecule has 1 aromatic carbocycles. The fraction of sp³-hybridized carbons (Fsp3) is 0.556. The molecule has 1 atom stereocenters. The largest absolute Gasteiger partial charge is 0.481 e. The van der Waals surface area contributed by atoms with Crippen molar-refractivity contribution in [1.29, 1.82) is 0 Å². The van der Waals surface area contributed by atoms with Gasteiger partial charge in [0.25, 0.3) is 0 Å². The molecular formula is C18H27NO4. The van der Waals surface area contributed by atoms with Crippen molar-refractivity contribution in [1.82, 2.24) is 5.32 Å². The lowest BCUT2D eigenvalue weighted by Gasteiger charge is -2.15. The van der Waals surface area contributed by atoms with E-state index < -0.39 is 12.1 Å². The van der Waals surface area contributed by atoms with Gasteiger partial charge in [0.15, 0.2) is 0 Å². The van der Waals surface area contributed by atoms with Crippen molar-refractivity contribution in [3.63, 3.8) is 0 Å². The topological polar surface area (TPSA) is 75.6 Å². The third-order valence-corrected chi connectivity index (χ3v) is 3.68. The zero-order chi connectivity index (χ0) is 16.9. The summed E-state index contributed by atoms with van der Waals surface area (Å²) < 4.78 is 5.13. The summed E-state index contributed by atoms with van der Waals surface area (Å²) in [7, 11) is 0. The molecule has 0 radical (unpaired) electrons. The number of nitrogens with one attached hydrogen (secondary N) is 1. The summed E-state index contributed by atoms with van der Waals surface area (Å²) in [4.78, 5) is 22.6. The average Bonchev–Trinajstić information content (AvgIpc) is 2.55. The van der Waals surface area contributed by atoms with Crippen LogP contribution in [0.5, 0.6) is 0 Å². The van der Waals surface area contributed by atoms with Crippen LogP contribution in [0, 0.1) is 5.92 Å². The maximum Gasteiger partial charge on any atom is 0.407 e. The van der Waals surface area contributed by atoms with Crippen LogP contribution < -0.4 is 5.32 Å². The maximum absolute atomic E-state index is 11.7. The molecule has 0 aliphatic carbocycles. The highest BCUT2D eigenvalue weighted by atomic mass is 16.5. The molecule has 0 saturated heterocycles. The number of carbonyl (C=O) groups excluding carboxylic acids is 1. The van der Waals surface area contributed by atoms with Crippen molar-refractivity contribution in [2.75, 3.05) is 6.54 Å². The van der Waals surface area contributed by atoms with E-state index >= 15 is 0 Å². The molecule has 0 spiro atoms. The lowest BCUT2D eigenvalue weighted by atomic mass is 9.97. The van der Waals surface area contributed by atoms with Crippen molar-refractivity contribution >= 4 is 12.1 Å². The van der Waals surface area contributed by atoms with E-state index in [1.807, 2.05) is 30.3 Å². The van der Waals surface area contributed by atoms with Crippen LogP contribution in [-0.2, 0) is 16.1 Å². The van der Waals surface area contributed by atoms with Gasteiger partial charge in [-0.1, -0.05) is 62.9 Å². The van der Waals surface area contributed by atoms with Gasteiger partial charge in [-0.15, -0.1) is 0 Å². The Hall–Kier alpha value is -2.04. The minimum atomic E-state index is -0.829. The molecule has 0 unspecified atom stereocenters. The molecule has 2 N–H and O–H groups in total. The SMILES string of the molecule is CCCCCC[C@@H](CNC(=O)OCc1ccccc1)CC(=O)O. The summed E-state index contributed by atoms with van der Waals surface area (Å²) in [6.07, 6.45) is 4.78. The van der Waals surface area contributed by atoms with Gasteiger partial charge >= 0.3 is 12.1 Å². The first-order chi connectivity index (χ1) is 11.1. The summed E-state index contributed by atoms with van der Waals surface area (Å²) in [6, 6.07) is 9.44. The van der Waals surface area contributed by atoms with Gasteiger partial charge in [-0.05, 0) is 17.9 Å². The molecule has 0 aromatic heterocycles. The zero-order valence-electron chi connectivity index (χ0n) is 13.8. The Bertz CT molecular complexity index is 461. The van der Waals surface area contributed by atoms with Crippen LogP contribution >= 0.6 is 0 Å². The van der Waals surface area contributed by atoms with E-state index in [-0.39, 0.29) is 18.9 Å². The van der Waals surface area contributed by atoms with Crippen molar-refractivity contribution in [2.45, 2.75) is 52.1 Å². The van der Waals surface area contributed by atoms with Gasteiger partial charge in [0, 0.05) is 13.0 Å². The normalized spacial score (nSPS) is 11.7. The predicted octanol–water partition coefficient (Wildman–Crippen LogP) is 3.97. The fourth-order valence-electron chi connectivity index (χ4n) is 2.38. The molecular weight excluding hydrogens is 294 g/mol. The highest BCUT2D eigenvalue weighted by molar-refractivity contribution is 5.68. The molecule has 0 aliphatic rings. The van der Waals surface area contributed by atoms with Crippen molar-refractivity contribution < 1.29 is 19.4 Å². The number of benzene rings is 1. The highest BCUT2D eigenvalue weighted by Gasteiger charge is 2.14. The van der Waals surface area contributed by atoms with Gasteiger partial charge in [0.05, 0.1) is 0 Å². The predicted molar refractivity (Wildman–Crippen MR) is 89.1 cm³/mol. The Morgan fingerprint density at radius 1 is 1.17 bits per heavy atom. The van der Waals surface area contributed by atoms with E-state index in [2.05, 4.69) is 12.2 Å². The first-order valence-electron chi connectivity index (χ1n) is 8.28. The number of ether oxygens (including phenoxy) is 1. The lowest BCUT2D eigenvalue weighted by molar-refractivity contribution is -0.138. The van der Waals surface area contributed by atoms with Crippen LogP contribution in [0.3, 0.4) is 0 Å². The Morgan fingerprint density at radius 2 is 1.91 bits per heavy atom. The molecule has 23 heavy (non-hydrogen) atoms. The molecule has 5 nitrogen and oxygen atoms in total. The first-order valence-corrected chi connectivity index (χ1v) is 8.28. The van der Waals surface area contributed by atoms with Gasteiger partial charge < -0.3 is 15.2 Å². The number of rotatable bonds is 11. The number of hydrogen-bond donors (Lipinski definition) is 2. The minimum absolute atomic E-state index is 0.0476. The van der Waals surface area contributed by atoms with Crippen molar-refractivity contribution in [3.8, 4) is 0 Å². The number of alkyl carbamates (subject to hydrolysis) is 1. The maximum atomic E-state index is 11.7. The number of carboxylic acids is 1. The number of amides is 1. The summed E-state index contributed by atoms with van der Waals surface area (Å²) in [5.41, 5.74) is 0.921. The molecule has 0 fully saturated rings. The first kappa shape index (κ1) is 19.0. The molecule has 128 valence electrons. The van der Waals surface area contributed by atoms with E-state index in [1.54, 1.807) is 0 Å². The number of hydrogen-bond acceptors (Lipinski definition) is 3. The van der Waals surface area contributed by atoms with Gasteiger partial charge in [-0.25, -0.2) is 4.79 Å². The molecule has 1 aromatic rings. The lowest BCUT2D eigenvalue weighted by Crippen LogP contribution is -2.30. The van der Waals surface area contributed by atoms with Gasteiger partial charge in [-0.2, -0.15) is 0 Å².